The molecular weight excluding hydrogens is 352 g/mol. The summed E-state index contributed by atoms with van der Waals surface area (Å²) in [5.41, 5.74) is 7.79. The molecule has 3 aromatic heterocycles. The van der Waals surface area contributed by atoms with Crippen molar-refractivity contribution in [3.05, 3.63) is 57.5 Å². The summed E-state index contributed by atoms with van der Waals surface area (Å²) < 4.78 is 9.03. The number of pyridine rings is 2. The third-order valence-corrected chi connectivity index (χ3v) is 5.01. The number of allylic oxidation sites excluding steroid dienone is 1. The van der Waals surface area contributed by atoms with Crippen LogP contribution in [0, 0.1) is 11.3 Å². The molecule has 0 saturated carbocycles. The lowest BCUT2D eigenvalue weighted by molar-refractivity contribution is 0.399. The van der Waals surface area contributed by atoms with Crippen molar-refractivity contribution in [3.63, 3.8) is 0 Å². The van der Waals surface area contributed by atoms with Crippen LogP contribution in [0.15, 0.2) is 40.8 Å². The van der Waals surface area contributed by atoms with Gasteiger partial charge in [-0.3, -0.25) is 14.2 Å². The third kappa shape index (κ3) is 2.31. The van der Waals surface area contributed by atoms with E-state index in [2.05, 4.69) is 25.7 Å². The topological polar surface area (TPSA) is 130 Å². The predicted molar refractivity (Wildman–Crippen MR) is 97.9 cm³/mol. The Labute approximate surface area is 152 Å². The van der Waals surface area contributed by atoms with Gasteiger partial charge < -0.3 is 15.8 Å². The Morgan fingerprint density at radius 2 is 2.38 bits per heavy atom. The Morgan fingerprint density at radius 1 is 1.54 bits per heavy atom. The summed E-state index contributed by atoms with van der Waals surface area (Å²) in [5.74, 6) is 0.470. The van der Waals surface area contributed by atoms with Crippen LogP contribution in [0.4, 0.5) is 5.82 Å². The number of nitrogens with one attached hydrogen (secondary N) is 2. The molecule has 0 amide bonds. The number of aromatic amines is 1. The smallest absolute Gasteiger partial charge is 0.284 e. The van der Waals surface area contributed by atoms with Gasteiger partial charge in [0.1, 0.15) is 22.2 Å². The number of H-pyrrole nitrogens is 1. The monoisotopic (exact) mass is 366 g/mol. The average molecular weight is 366 g/mol. The maximum Gasteiger partial charge on any atom is 0.284 e. The Hall–Kier alpha value is -3.38. The van der Waals surface area contributed by atoms with E-state index in [-0.39, 0.29) is 22.5 Å². The van der Waals surface area contributed by atoms with E-state index in [1.807, 2.05) is 13.0 Å². The molecule has 130 valence electrons. The van der Waals surface area contributed by atoms with Gasteiger partial charge in [0, 0.05) is 18.9 Å². The van der Waals surface area contributed by atoms with Gasteiger partial charge in [-0.05, 0) is 18.6 Å². The normalized spacial score (nSPS) is 16.1. The SMILES string of the molecule is CCNc1nc2c(=O)[nH]sc2c2c1C(c1cccnc1)C(C#N)=C(N)O2. The van der Waals surface area contributed by atoms with Crippen molar-refractivity contribution in [2.45, 2.75) is 12.8 Å². The lowest BCUT2D eigenvalue weighted by Gasteiger charge is -2.28. The van der Waals surface area contributed by atoms with Gasteiger partial charge in [0.25, 0.3) is 5.56 Å². The van der Waals surface area contributed by atoms with Crippen LogP contribution in [0.2, 0.25) is 0 Å². The second kappa shape index (κ2) is 6.16. The molecule has 4 rings (SSSR count). The Morgan fingerprint density at radius 3 is 3.08 bits per heavy atom. The molecule has 0 saturated heterocycles. The summed E-state index contributed by atoms with van der Waals surface area (Å²) in [5, 5.41) is 12.8. The average Bonchev–Trinajstić information content (AvgIpc) is 3.03. The Kier molecular flexibility index (Phi) is 3.82. The van der Waals surface area contributed by atoms with Crippen molar-refractivity contribution in [3.8, 4) is 11.8 Å². The summed E-state index contributed by atoms with van der Waals surface area (Å²) in [6, 6.07) is 5.81. The van der Waals surface area contributed by atoms with Crippen LogP contribution in [0.5, 0.6) is 5.75 Å². The number of anilines is 1. The number of aromatic nitrogens is 3. The predicted octanol–water partition coefficient (Wildman–Crippen LogP) is 2.03. The largest absolute Gasteiger partial charge is 0.438 e. The fraction of sp³-hybridized carbons (Fsp3) is 0.176. The molecule has 0 aromatic carbocycles. The fourth-order valence-electron chi connectivity index (χ4n) is 3.08. The second-order valence-corrected chi connectivity index (χ2v) is 6.47. The molecule has 3 aromatic rings. The van der Waals surface area contributed by atoms with E-state index in [0.29, 0.717) is 28.4 Å². The first-order valence-electron chi connectivity index (χ1n) is 7.92. The van der Waals surface area contributed by atoms with Crippen molar-refractivity contribution < 1.29 is 4.74 Å². The van der Waals surface area contributed by atoms with Crippen LogP contribution in [0.3, 0.4) is 0 Å². The highest BCUT2D eigenvalue weighted by molar-refractivity contribution is 7.13. The summed E-state index contributed by atoms with van der Waals surface area (Å²) >= 11 is 1.13. The highest BCUT2D eigenvalue weighted by Crippen LogP contribution is 2.48. The molecule has 1 aliphatic heterocycles. The zero-order chi connectivity index (χ0) is 18.3. The highest BCUT2D eigenvalue weighted by atomic mass is 32.1. The highest BCUT2D eigenvalue weighted by Gasteiger charge is 2.36. The van der Waals surface area contributed by atoms with Crippen LogP contribution in [0.25, 0.3) is 10.2 Å². The fourth-order valence-corrected chi connectivity index (χ4v) is 3.85. The number of ether oxygens (including phenoxy) is 1. The lowest BCUT2D eigenvalue weighted by atomic mass is 9.84. The van der Waals surface area contributed by atoms with Crippen molar-refractivity contribution in [1.29, 1.82) is 5.26 Å². The zero-order valence-electron chi connectivity index (χ0n) is 13.7. The van der Waals surface area contributed by atoms with Gasteiger partial charge in [-0.25, -0.2) is 4.98 Å². The van der Waals surface area contributed by atoms with Crippen molar-refractivity contribution in [2.24, 2.45) is 5.73 Å². The minimum atomic E-state index is -0.486. The Balaban J connectivity index is 2.10. The zero-order valence-corrected chi connectivity index (χ0v) is 14.6. The van der Waals surface area contributed by atoms with Crippen LogP contribution in [0.1, 0.15) is 24.0 Å². The number of nitrogens with zero attached hydrogens (tertiary/aromatic N) is 3. The standard InChI is InChI=1S/C17H14N6O2S/c1-2-21-16-11-10(8-4-3-5-20-7-8)9(6-18)15(19)25-13(11)14-12(22-16)17(24)23-26-14/h3-5,7,10H,2,19H2,1H3,(H,21,22)(H,23,24). The molecule has 26 heavy (non-hydrogen) atoms. The van der Waals surface area contributed by atoms with Crippen LogP contribution >= 0.6 is 11.5 Å². The first-order valence-corrected chi connectivity index (χ1v) is 8.73. The van der Waals surface area contributed by atoms with E-state index in [0.717, 1.165) is 17.1 Å². The maximum absolute atomic E-state index is 12.1. The van der Waals surface area contributed by atoms with E-state index in [4.69, 9.17) is 10.5 Å². The first-order chi connectivity index (χ1) is 12.7. The molecule has 1 aliphatic rings. The molecule has 0 spiro atoms. The summed E-state index contributed by atoms with van der Waals surface area (Å²) in [6.45, 7) is 2.52. The number of hydrogen-bond donors (Lipinski definition) is 3. The maximum atomic E-state index is 12.1. The van der Waals surface area contributed by atoms with Crippen molar-refractivity contribution in [2.75, 3.05) is 11.9 Å². The summed E-state index contributed by atoms with van der Waals surface area (Å²) in [7, 11) is 0. The van der Waals surface area contributed by atoms with E-state index < -0.39 is 5.92 Å². The lowest BCUT2D eigenvalue weighted by Crippen LogP contribution is -2.23. The molecule has 0 fully saturated rings. The van der Waals surface area contributed by atoms with Crippen molar-refractivity contribution in [1.82, 2.24) is 14.3 Å². The molecule has 4 N–H and O–H groups in total. The van der Waals surface area contributed by atoms with E-state index in [1.54, 1.807) is 18.5 Å². The molecular formula is C17H14N6O2S. The van der Waals surface area contributed by atoms with Crippen LogP contribution < -0.4 is 21.3 Å². The number of hydrogen-bond acceptors (Lipinski definition) is 8. The van der Waals surface area contributed by atoms with Crippen LogP contribution in [-0.2, 0) is 0 Å². The minimum absolute atomic E-state index is 0.0182. The molecule has 8 nitrogen and oxygen atoms in total. The summed E-state index contributed by atoms with van der Waals surface area (Å²) in [4.78, 5) is 20.7. The second-order valence-electron chi connectivity index (χ2n) is 5.66. The molecule has 0 radical (unpaired) electrons. The van der Waals surface area contributed by atoms with Gasteiger partial charge in [-0.2, -0.15) is 5.26 Å². The van der Waals surface area contributed by atoms with Gasteiger partial charge in [-0.15, -0.1) is 0 Å². The van der Waals surface area contributed by atoms with Gasteiger partial charge in [0.15, 0.2) is 11.3 Å². The van der Waals surface area contributed by atoms with E-state index >= 15 is 0 Å². The minimum Gasteiger partial charge on any atom is -0.438 e. The van der Waals surface area contributed by atoms with Gasteiger partial charge in [0.2, 0.25) is 5.88 Å². The van der Waals surface area contributed by atoms with E-state index in [1.165, 1.54) is 0 Å². The first kappa shape index (κ1) is 16.1. The van der Waals surface area contributed by atoms with E-state index in [9.17, 15) is 10.1 Å². The number of rotatable bonds is 3. The molecule has 0 aliphatic carbocycles. The van der Waals surface area contributed by atoms with Gasteiger partial charge in [0.05, 0.1) is 11.5 Å². The number of nitriles is 1. The molecule has 1 unspecified atom stereocenters. The Bertz CT molecular complexity index is 1130. The number of fused-ring (bicyclic) bond motifs is 3. The summed E-state index contributed by atoms with van der Waals surface area (Å²) in [6.07, 6.45) is 3.34. The third-order valence-electron chi connectivity index (χ3n) is 4.14. The van der Waals surface area contributed by atoms with Crippen LogP contribution in [-0.4, -0.2) is 20.9 Å². The molecule has 4 heterocycles. The van der Waals surface area contributed by atoms with Crippen molar-refractivity contribution >= 4 is 27.6 Å². The quantitative estimate of drug-likeness (QED) is 0.646. The van der Waals surface area contributed by atoms with Gasteiger partial charge >= 0.3 is 0 Å². The molecule has 9 heteroatoms. The molecule has 0 bridgehead atoms. The van der Waals surface area contributed by atoms with Gasteiger partial charge in [-0.1, -0.05) is 17.6 Å². The molecule has 1 atom stereocenters. The number of nitrogens with two attached hydrogens (primary N) is 1.